The van der Waals surface area contributed by atoms with Crippen molar-refractivity contribution in [1.82, 2.24) is 0 Å². The Balaban J connectivity index is 1.96. The highest BCUT2D eigenvalue weighted by Crippen LogP contribution is 2.20. The van der Waals surface area contributed by atoms with Crippen LogP contribution in [0.1, 0.15) is 30.5 Å². The van der Waals surface area contributed by atoms with Crippen molar-refractivity contribution in [2.45, 2.75) is 26.3 Å². The standard InChI is InChI=1S/C18H23BrN2/c1-3-21(17-10-4-14(2)5-11-17)13-12-18(20)15-6-8-16(19)9-7-15/h4-11,18H,3,12-13,20H2,1-2H3. The molecule has 2 rings (SSSR count). The van der Waals surface area contributed by atoms with Crippen LogP contribution in [0.5, 0.6) is 0 Å². The van der Waals surface area contributed by atoms with Crippen LogP contribution >= 0.6 is 15.9 Å². The molecule has 0 aliphatic rings. The molecule has 21 heavy (non-hydrogen) atoms. The predicted octanol–water partition coefficient (Wildman–Crippen LogP) is 4.67. The molecule has 2 aromatic carbocycles. The van der Waals surface area contributed by atoms with Crippen LogP contribution in [0, 0.1) is 6.92 Å². The fraction of sp³-hybridized carbons (Fsp3) is 0.333. The first-order chi connectivity index (χ1) is 10.1. The number of hydrogen-bond acceptors (Lipinski definition) is 2. The van der Waals surface area contributed by atoms with Gasteiger partial charge >= 0.3 is 0 Å². The van der Waals surface area contributed by atoms with Gasteiger partial charge < -0.3 is 10.6 Å². The van der Waals surface area contributed by atoms with Crippen LogP contribution < -0.4 is 10.6 Å². The van der Waals surface area contributed by atoms with Crippen LogP contribution in [0.3, 0.4) is 0 Å². The first-order valence-corrected chi connectivity index (χ1v) is 8.22. The molecule has 112 valence electrons. The van der Waals surface area contributed by atoms with Gasteiger partial charge in [-0.2, -0.15) is 0 Å². The normalized spacial score (nSPS) is 12.2. The van der Waals surface area contributed by atoms with Gasteiger partial charge in [0.1, 0.15) is 0 Å². The van der Waals surface area contributed by atoms with Gasteiger partial charge in [0, 0.05) is 29.3 Å². The van der Waals surface area contributed by atoms with E-state index >= 15 is 0 Å². The van der Waals surface area contributed by atoms with E-state index in [0.717, 1.165) is 24.0 Å². The number of anilines is 1. The summed E-state index contributed by atoms with van der Waals surface area (Å²) in [6, 6.07) is 17.1. The third-order valence-corrected chi connectivity index (χ3v) is 4.32. The second-order valence-corrected chi connectivity index (χ2v) is 6.28. The highest BCUT2D eigenvalue weighted by atomic mass is 79.9. The van der Waals surface area contributed by atoms with E-state index in [4.69, 9.17) is 5.73 Å². The molecule has 3 heteroatoms. The number of nitrogens with zero attached hydrogens (tertiary/aromatic N) is 1. The Labute approximate surface area is 136 Å². The summed E-state index contributed by atoms with van der Waals surface area (Å²) in [7, 11) is 0. The molecule has 2 nitrogen and oxygen atoms in total. The van der Waals surface area contributed by atoms with Gasteiger partial charge in [-0.1, -0.05) is 45.8 Å². The quantitative estimate of drug-likeness (QED) is 0.823. The molecule has 1 atom stereocenters. The van der Waals surface area contributed by atoms with E-state index in [2.05, 4.69) is 71.1 Å². The van der Waals surface area contributed by atoms with Gasteiger partial charge in [-0.3, -0.25) is 0 Å². The van der Waals surface area contributed by atoms with Gasteiger partial charge in [-0.15, -0.1) is 0 Å². The lowest BCUT2D eigenvalue weighted by Crippen LogP contribution is -2.27. The van der Waals surface area contributed by atoms with E-state index in [1.807, 2.05) is 12.1 Å². The van der Waals surface area contributed by atoms with E-state index in [1.165, 1.54) is 16.8 Å². The number of halogens is 1. The maximum atomic E-state index is 6.31. The third-order valence-electron chi connectivity index (χ3n) is 3.79. The first kappa shape index (κ1) is 16.1. The van der Waals surface area contributed by atoms with E-state index in [1.54, 1.807) is 0 Å². The molecule has 1 unspecified atom stereocenters. The zero-order valence-corrected chi connectivity index (χ0v) is 14.3. The molecule has 0 aliphatic carbocycles. The van der Waals surface area contributed by atoms with Gasteiger partial charge in [0.2, 0.25) is 0 Å². The van der Waals surface area contributed by atoms with Gasteiger partial charge in [0.25, 0.3) is 0 Å². The van der Waals surface area contributed by atoms with Crippen molar-refractivity contribution in [1.29, 1.82) is 0 Å². The van der Waals surface area contributed by atoms with Crippen molar-refractivity contribution in [3.63, 3.8) is 0 Å². The Bertz CT molecular complexity index is 548. The van der Waals surface area contributed by atoms with Crippen molar-refractivity contribution in [2.75, 3.05) is 18.0 Å². The van der Waals surface area contributed by atoms with E-state index < -0.39 is 0 Å². The van der Waals surface area contributed by atoms with Crippen LogP contribution in [-0.4, -0.2) is 13.1 Å². The molecule has 2 N–H and O–H groups in total. The lowest BCUT2D eigenvalue weighted by Gasteiger charge is -2.25. The summed E-state index contributed by atoms with van der Waals surface area (Å²) in [5.41, 5.74) is 10.1. The smallest absolute Gasteiger partial charge is 0.0366 e. The van der Waals surface area contributed by atoms with E-state index in [9.17, 15) is 0 Å². The monoisotopic (exact) mass is 346 g/mol. The first-order valence-electron chi connectivity index (χ1n) is 7.43. The topological polar surface area (TPSA) is 29.3 Å². The second-order valence-electron chi connectivity index (χ2n) is 5.36. The Kier molecular flexibility index (Phi) is 5.83. The highest BCUT2D eigenvalue weighted by Gasteiger charge is 2.09. The Morgan fingerprint density at radius 1 is 1.05 bits per heavy atom. The third kappa shape index (κ3) is 4.58. The molecule has 0 saturated carbocycles. The fourth-order valence-corrected chi connectivity index (χ4v) is 2.66. The molecule has 0 heterocycles. The van der Waals surface area contributed by atoms with E-state index in [0.29, 0.717) is 0 Å². The van der Waals surface area contributed by atoms with Crippen LogP contribution in [0.15, 0.2) is 53.0 Å². The fourth-order valence-electron chi connectivity index (χ4n) is 2.40. The molecule has 0 radical (unpaired) electrons. The van der Waals surface area contributed by atoms with Crippen molar-refractivity contribution < 1.29 is 0 Å². The van der Waals surface area contributed by atoms with Crippen LogP contribution in [0.25, 0.3) is 0 Å². The summed E-state index contributed by atoms with van der Waals surface area (Å²) < 4.78 is 1.09. The van der Waals surface area contributed by atoms with E-state index in [-0.39, 0.29) is 6.04 Å². The zero-order chi connectivity index (χ0) is 15.2. The van der Waals surface area contributed by atoms with Crippen LogP contribution in [0.2, 0.25) is 0 Å². The molecule has 2 aromatic rings. The maximum Gasteiger partial charge on any atom is 0.0366 e. The summed E-state index contributed by atoms with van der Waals surface area (Å²) in [5, 5.41) is 0. The highest BCUT2D eigenvalue weighted by molar-refractivity contribution is 9.10. The Morgan fingerprint density at radius 3 is 2.24 bits per heavy atom. The molecule has 0 spiro atoms. The average molecular weight is 347 g/mol. The van der Waals surface area contributed by atoms with Crippen molar-refractivity contribution in [3.8, 4) is 0 Å². The molecule has 0 bridgehead atoms. The minimum atomic E-state index is 0.0811. The summed E-state index contributed by atoms with van der Waals surface area (Å²) >= 11 is 3.46. The lowest BCUT2D eigenvalue weighted by atomic mass is 10.0. The Morgan fingerprint density at radius 2 is 1.67 bits per heavy atom. The number of hydrogen-bond donors (Lipinski definition) is 1. The molecule has 0 aromatic heterocycles. The van der Waals surface area contributed by atoms with Crippen LogP contribution in [-0.2, 0) is 0 Å². The largest absolute Gasteiger partial charge is 0.372 e. The van der Waals surface area contributed by atoms with Crippen LogP contribution in [0.4, 0.5) is 5.69 Å². The van der Waals surface area contributed by atoms with Crippen molar-refractivity contribution in [3.05, 3.63) is 64.1 Å². The molecular weight excluding hydrogens is 324 g/mol. The minimum Gasteiger partial charge on any atom is -0.372 e. The lowest BCUT2D eigenvalue weighted by molar-refractivity contribution is 0.632. The zero-order valence-electron chi connectivity index (χ0n) is 12.7. The average Bonchev–Trinajstić information content (AvgIpc) is 2.50. The summed E-state index contributed by atoms with van der Waals surface area (Å²) in [4.78, 5) is 2.37. The van der Waals surface area contributed by atoms with Crippen molar-refractivity contribution >= 4 is 21.6 Å². The number of benzene rings is 2. The molecule has 0 fully saturated rings. The summed E-state index contributed by atoms with van der Waals surface area (Å²) in [5.74, 6) is 0. The summed E-state index contributed by atoms with van der Waals surface area (Å²) in [6.45, 7) is 6.27. The second kappa shape index (κ2) is 7.62. The minimum absolute atomic E-state index is 0.0811. The number of rotatable bonds is 6. The predicted molar refractivity (Wildman–Crippen MR) is 94.8 cm³/mol. The molecule has 0 saturated heterocycles. The molecule has 0 aliphatic heterocycles. The van der Waals surface area contributed by atoms with Gasteiger partial charge in [0.05, 0.1) is 0 Å². The SMILES string of the molecule is CCN(CCC(N)c1ccc(Br)cc1)c1ccc(C)cc1. The molecule has 0 amide bonds. The van der Waals surface area contributed by atoms with Gasteiger partial charge in [-0.05, 0) is 50.1 Å². The molecular formula is C18H23BrN2. The van der Waals surface area contributed by atoms with Gasteiger partial charge in [0.15, 0.2) is 0 Å². The van der Waals surface area contributed by atoms with Gasteiger partial charge in [-0.25, -0.2) is 0 Å². The number of aryl methyl sites for hydroxylation is 1. The maximum absolute atomic E-state index is 6.31. The Hall–Kier alpha value is -1.32. The van der Waals surface area contributed by atoms with Crippen molar-refractivity contribution in [2.24, 2.45) is 5.73 Å². The number of nitrogens with two attached hydrogens (primary N) is 1. The summed E-state index contributed by atoms with van der Waals surface area (Å²) in [6.07, 6.45) is 0.948.